The van der Waals surface area contributed by atoms with Crippen LogP contribution in [-0.2, 0) is 0 Å². The largest absolute Gasteiger partial charge is 0.399 e. The monoisotopic (exact) mass is 285 g/mol. The first-order valence-corrected chi connectivity index (χ1v) is 8.35. The molecule has 3 rings (SSSR count). The number of hydrogen-bond acceptors (Lipinski definition) is 2. The van der Waals surface area contributed by atoms with Crippen LogP contribution < -0.4 is 5.73 Å². The minimum Gasteiger partial charge on any atom is -0.399 e. The van der Waals surface area contributed by atoms with Crippen LogP contribution in [0.2, 0.25) is 0 Å². The molecule has 0 aliphatic heterocycles. The van der Waals surface area contributed by atoms with E-state index in [2.05, 4.69) is 31.4 Å². The minimum atomic E-state index is 0.439. The molecule has 0 saturated heterocycles. The smallest absolute Gasteiger partial charge is 0.112 e. The van der Waals surface area contributed by atoms with Crippen LogP contribution in [0.15, 0.2) is 18.2 Å². The molecule has 1 aromatic carbocycles. The summed E-state index contributed by atoms with van der Waals surface area (Å²) in [4.78, 5) is 4.90. The van der Waals surface area contributed by atoms with Gasteiger partial charge in [-0.05, 0) is 37.0 Å². The summed E-state index contributed by atoms with van der Waals surface area (Å²) in [5, 5.41) is 0. The third-order valence-electron chi connectivity index (χ3n) is 4.91. The summed E-state index contributed by atoms with van der Waals surface area (Å²) < 4.78 is 2.52. The lowest BCUT2D eigenvalue weighted by atomic mass is 9.96. The molecule has 114 valence electrons. The van der Waals surface area contributed by atoms with Gasteiger partial charge in [0, 0.05) is 17.6 Å². The highest BCUT2D eigenvalue weighted by molar-refractivity contribution is 5.80. The quantitative estimate of drug-likeness (QED) is 0.631. The second-order valence-electron chi connectivity index (χ2n) is 6.93. The van der Waals surface area contributed by atoms with Gasteiger partial charge in [0.25, 0.3) is 0 Å². The number of nitrogen functional groups attached to an aromatic ring is 1. The highest BCUT2D eigenvalue weighted by Crippen LogP contribution is 2.37. The number of aromatic nitrogens is 2. The van der Waals surface area contributed by atoms with Crippen molar-refractivity contribution in [2.75, 3.05) is 5.73 Å². The van der Waals surface area contributed by atoms with Gasteiger partial charge < -0.3 is 10.3 Å². The molecular weight excluding hydrogens is 258 g/mol. The van der Waals surface area contributed by atoms with E-state index in [1.807, 2.05) is 12.1 Å². The first-order chi connectivity index (χ1) is 10.1. The molecule has 1 fully saturated rings. The van der Waals surface area contributed by atoms with Crippen molar-refractivity contribution < 1.29 is 0 Å². The number of nitrogens with zero attached hydrogens (tertiary/aromatic N) is 2. The lowest BCUT2D eigenvalue weighted by Crippen LogP contribution is -2.19. The summed E-state index contributed by atoms with van der Waals surface area (Å²) in [5.74, 6) is 2.38. The van der Waals surface area contributed by atoms with E-state index in [4.69, 9.17) is 10.7 Å². The number of fused-ring (bicyclic) bond motifs is 1. The lowest BCUT2D eigenvalue weighted by molar-refractivity contribution is 0.330. The fourth-order valence-electron chi connectivity index (χ4n) is 3.75. The fourth-order valence-corrected chi connectivity index (χ4v) is 3.75. The third-order valence-corrected chi connectivity index (χ3v) is 4.91. The Morgan fingerprint density at radius 1 is 1.19 bits per heavy atom. The Balaban J connectivity index is 2.16. The Bertz CT molecular complexity index is 627. The average Bonchev–Trinajstić information content (AvgIpc) is 2.68. The average molecular weight is 285 g/mol. The summed E-state index contributed by atoms with van der Waals surface area (Å²) in [5.41, 5.74) is 9.05. The van der Waals surface area contributed by atoms with Crippen molar-refractivity contribution in [3.8, 4) is 0 Å². The van der Waals surface area contributed by atoms with Gasteiger partial charge in [-0.1, -0.05) is 40.0 Å². The van der Waals surface area contributed by atoms with Gasteiger partial charge >= 0.3 is 0 Å². The first-order valence-electron chi connectivity index (χ1n) is 8.35. The molecule has 2 N–H and O–H groups in total. The van der Waals surface area contributed by atoms with Crippen molar-refractivity contribution in [2.45, 2.75) is 64.8 Å². The van der Waals surface area contributed by atoms with E-state index in [0.29, 0.717) is 12.0 Å². The predicted molar refractivity (Wildman–Crippen MR) is 89.5 cm³/mol. The Morgan fingerprint density at radius 3 is 2.71 bits per heavy atom. The number of hydrogen-bond donors (Lipinski definition) is 1. The zero-order valence-corrected chi connectivity index (χ0v) is 13.5. The molecular formula is C18H27N3. The minimum absolute atomic E-state index is 0.439. The molecule has 2 aromatic rings. The van der Waals surface area contributed by atoms with Gasteiger partial charge in [-0.2, -0.15) is 0 Å². The molecule has 0 bridgehead atoms. The second kappa shape index (κ2) is 5.70. The molecule has 1 aliphatic rings. The van der Waals surface area contributed by atoms with Gasteiger partial charge in [0.1, 0.15) is 5.82 Å². The Labute approximate surface area is 127 Å². The maximum Gasteiger partial charge on any atom is 0.112 e. The van der Waals surface area contributed by atoms with Crippen molar-refractivity contribution in [1.29, 1.82) is 0 Å². The highest BCUT2D eigenvalue weighted by Gasteiger charge is 2.26. The van der Waals surface area contributed by atoms with Crippen LogP contribution in [0.3, 0.4) is 0 Å². The van der Waals surface area contributed by atoms with E-state index in [0.717, 1.165) is 17.1 Å². The first kappa shape index (κ1) is 14.4. The van der Waals surface area contributed by atoms with E-state index < -0.39 is 0 Å². The van der Waals surface area contributed by atoms with Crippen LogP contribution in [0, 0.1) is 5.92 Å². The molecule has 1 aromatic heterocycles. The number of rotatable bonds is 2. The van der Waals surface area contributed by atoms with Crippen LogP contribution >= 0.6 is 0 Å². The second-order valence-corrected chi connectivity index (χ2v) is 6.93. The molecule has 0 amide bonds. The maximum atomic E-state index is 5.94. The number of benzene rings is 1. The van der Waals surface area contributed by atoms with Crippen LogP contribution in [0.25, 0.3) is 11.0 Å². The van der Waals surface area contributed by atoms with Crippen molar-refractivity contribution in [2.24, 2.45) is 5.92 Å². The van der Waals surface area contributed by atoms with E-state index in [1.165, 1.54) is 43.4 Å². The highest BCUT2D eigenvalue weighted by atomic mass is 15.1. The molecule has 1 aliphatic carbocycles. The fraction of sp³-hybridized carbons (Fsp3) is 0.611. The van der Waals surface area contributed by atoms with Crippen LogP contribution in [0.5, 0.6) is 0 Å². The number of nitrogens with two attached hydrogens (primary N) is 1. The van der Waals surface area contributed by atoms with Gasteiger partial charge in [-0.3, -0.25) is 0 Å². The Hall–Kier alpha value is -1.51. The Kier molecular flexibility index (Phi) is 3.92. The molecule has 1 heterocycles. The Morgan fingerprint density at radius 2 is 1.95 bits per heavy atom. The van der Waals surface area contributed by atoms with Gasteiger partial charge in [-0.25, -0.2) is 4.98 Å². The summed E-state index contributed by atoms with van der Waals surface area (Å²) >= 11 is 0. The molecule has 2 atom stereocenters. The normalized spacial score (nSPS) is 23.6. The topological polar surface area (TPSA) is 43.8 Å². The third kappa shape index (κ3) is 2.66. The predicted octanol–water partition coefficient (Wildman–Crippen LogP) is 4.88. The zero-order chi connectivity index (χ0) is 15.0. The van der Waals surface area contributed by atoms with Crippen molar-refractivity contribution in [1.82, 2.24) is 9.55 Å². The molecule has 0 radical (unpaired) electrons. The maximum absolute atomic E-state index is 5.94. The summed E-state index contributed by atoms with van der Waals surface area (Å²) in [6.07, 6.45) is 6.68. The van der Waals surface area contributed by atoms with E-state index in [9.17, 15) is 0 Å². The van der Waals surface area contributed by atoms with Gasteiger partial charge in [0.15, 0.2) is 0 Å². The molecule has 3 heteroatoms. The lowest BCUT2D eigenvalue weighted by Gasteiger charge is -2.27. The van der Waals surface area contributed by atoms with E-state index >= 15 is 0 Å². The van der Waals surface area contributed by atoms with Crippen LogP contribution in [0.4, 0.5) is 5.69 Å². The van der Waals surface area contributed by atoms with Crippen LogP contribution in [-0.4, -0.2) is 9.55 Å². The molecule has 3 nitrogen and oxygen atoms in total. The SMILES string of the molecule is CC(C)c1nc2cc(N)ccc2n1C1CCCCCC1C. The van der Waals surface area contributed by atoms with Crippen molar-refractivity contribution in [3.05, 3.63) is 24.0 Å². The van der Waals surface area contributed by atoms with E-state index in [1.54, 1.807) is 0 Å². The molecule has 0 spiro atoms. The van der Waals surface area contributed by atoms with Gasteiger partial charge in [0.05, 0.1) is 11.0 Å². The zero-order valence-electron chi connectivity index (χ0n) is 13.5. The van der Waals surface area contributed by atoms with E-state index in [-0.39, 0.29) is 0 Å². The van der Waals surface area contributed by atoms with Crippen molar-refractivity contribution >= 4 is 16.7 Å². The molecule has 1 saturated carbocycles. The molecule has 2 unspecified atom stereocenters. The number of imidazole rings is 1. The van der Waals surface area contributed by atoms with Gasteiger partial charge in [-0.15, -0.1) is 0 Å². The van der Waals surface area contributed by atoms with Crippen LogP contribution in [0.1, 0.15) is 70.7 Å². The van der Waals surface area contributed by atoms with Gasteiger partial charge in [0.2, 0.25) is 0 Å². The standard InChI is InChI=1S/C18H27N3/c1-12(2)18-20-15-11-14(19)9-10-17(15)21(18)16-8-6-4-5-7-13(16)3/h9-13,16H,4-8,19H2,1-3H3. The summed E-state index contributed by atoms with van der Waals surface area (Å²) in [7, 11) is 0. The van der Waals surface area contributed by atoms with Crippen molar-refractivity contribution in [3.63, 3.8) is 0 Å². The number of anilines is 1. The summed E-state index contributed by atoms with van der Waals surface area (Å²) in [6.45, 7) is 6.88. The summed E-state index contributed by atoms with van der Waals surface area (Å²) in [6, 6.07) is 6.75. The molecule has 21 heavy (non-hydrogen) atoms.